The Kier molecular flexibility index (Phi) is 3.09. The van der Waals surface area contributed by atoms with Gasteiger partial charge in [0.05, 0.1) is 12.1 Å². The molecule has 0 fully saturated rings. The molecule has 0 aromatic carbocycles. The summed E-state index contributed by atoms with van der Waals surface area (Å²) in [4.78, 5) is 14.5. The number of aliphatic carboxylic acids is 1. The van der Waals surface area contributed by atoms with Gasteiger partial charge in [-0.1, -0.05) is 6.07 Å². The molecule has 0 aliphatic heterocycles. The van der Waals surface area contributed by atoms with Crippen molar-refractivity contribution in [2.45, 2.75) is 6.42 Å². The molecule has 0 amide bonds. The lowest BCUT2D eigenvalue weighted by molar-refractivity contribution is -0.136. The largest absolute Gasteiger partial charge is 0.481 e. The number of carboxylic acid groups (broad SMARTS) is 1. The van der Waals surface area contributed by atoms with Gasteiger partial charge in [0.2, 0.25) is 0 Å². The Bertz CT molecular complexity index is 453. The van der Waals surface area contributed by atoms with E-state index >= 15 is 0 Å². The average molecular weight is 213 g/mol. The lowest BCUT2D eigenvalue weighted by Crippen LogP contribution is -2.02. The van der Waals surface area contributed by atoms with Gasteiger partial charge in [-0.3, -0.25) is 4.79 Å². The van der Waals surface area contributed by atoms with Crippen molar-refractivity contribution in [1.29, 1.82) is 0 Å². The van der Waals surface area contributed by atoms with Gasteiger partial charge in [-0.2, -0.15) is 0 Å². The molecule has 0 aliphatic rings. The summed E-state index contributed by atoms with van der Waals surface area (Å²) >= 11 is 0. The maximum atomic E-state index is 10.5. The zero-order chi connectivity index (χ0) is 9.26. The van der Waals surface area contributed by atoms with Crippen molar-refractivity contribution < 1.29 is 9.90 Å². The number of imidazole rings is 1. The summed E-state index contributed by atoms with van der Waals surface area (Å²) in [5.74, 6) is -0.842. The molecule has 0 unspecified atom stereocenters. The molecule has 0 radical (unpaired) electrons. The molecule has 0 saturated heterocycles. The van der Waals surface area contributed by atoms with Crippen LogP contribution in [0.15, 0.2) is 30.6 Å². The second kappa shape index (κ2) is 4.11. The first-order valence-corrected chi connectivity index (χ1v) is 3.90. The van der Waals surface area contributed by atoms with E-state index in [1.54, 1.807) is 16.8 Å². The minimum atomic E-state index is -0.842. The molecule has 0 aliphatic carbocycles. The summed E-state index contributed by atoms with van der Waals surface area (Å²) in [6, 6.07) is 5.55. The van der Waals surface area contributed by atoms with Crippen LogP contribution in [0.1, 0.15) is 5.69 Å². The van der Waals surface area contributed by atoms with E-state index in [1.807, 2.05) is 18.2 Å². The van der Waals surface area contributed by atoms with Crippen LogP contribution in [-0.4, -0.2) is 20.5 Å². The zero-order valence-electron chi connectivity index (χ0n) is 7.25. The van der Waals surface area contributed by atoms with Crippen molar-refractivity contribution in [2.75, 3.05) is 0 Å². The fraction of sp³-hybridized carbons (Fsp3) is 0.111. The monoisotopic (exact) mass is 212 g/mol. The van der Waals surface area contributed by atoms with E-state index in [0.29, 0.717) is 5.69 Å². The number of aromatic nitrogens is 2. The number of rotatable bonds is 2. The van der Waals surface area contributed by atoms with Gasteiger partial charge in [0, 0.05) is 12.4 Å². The van der Waals surface area contributed by atoms with Crippen LogP contribution in [0.2, 0.25) is 0 Å². The molecule has 0 atom stereocenters. The third-order valence-corrected chi connectivity index (χ3v) is 1.83. The van der Waals surface area contributed by atoms with Crippen LogP contribution in [0.5, 0.6) is 0 Å². The third kappa shape index (κ3) is 1.85. The van der Waals surface area contributed by atoms with Crippen LogP contribution in [0.25, 0.3) is 5.65 Å². The Morgan fingerprint density at radius 3 is 3.00 bits per heavy atom. The molecular weight excluding hydrogens is 204 g/mol. The maximum Gasteiger partial charge on any atom is 0.309 e. The Labute approximate surface area is 86.6 Å². The standard InChI is InChI=1S/C9H8N2O2.ClH/c12-9(13)5-7-6-10-8-3-1-2-4-11(7)8;/h1-4,6H,5H2,(H,12,13);1H. The summed E-state index contributed by atoms with van der Waals surface area (Å²) in [7, 11) is 0. The van der Waals surface area contributed by atoms with Crippen LogP contribution in [0.3, 0.4) is 0 Å². The Hall–Kier alpha value is -1.55. The Morgan fingerprint density at radius 1 is 1.50 bits per heavy atom. The van der Waals surface area contributed by atoms with Gasteiger partial charge < -0.3 is 9.51 Å². The summed E-state index contributed by atoms with van der Waals surface area (Å²) in [6.45, 7) is 0. The van der Waals surface area contributed by atoms with Crippen molar-refractivity contribution in [3.05, 3.63) is 36.3 Å². The smallest absolute Gasteiger partial charge is 0.309 e. The van der Waals surface area contributed by atoms with Crippen molar-refractivity contribution in [3.63, 3.8) is 0 Å². The minimum Gasteiger partial charge on any atom is -0.481 e. The highest BCUT2D eigenvalue weighted by atomic mass is 35.5. The summed E-state index contributed by atoms with van der Waals surface area (Å²) in [5.41, 5.74) is 1.47. The first kappa shape index (κ1) is 10.5. The van der Waals surface area contributed by atoms with E-state index in [9.17, 15) is 4.79 Å². The molecule has 2 rings (SSSR count). The number of hydrogen-bond donors (Lipinski definition) is 1. The SMILES string of the molecule is Cl.O=C(O)Cc1cnc2ccccn12. The number of halogens is 1. The van der Waals surface area contributed by atoms with Crippen LogP contribution in [0, 0.1) is 0 Å². The second-order valence-electron chi connectivity index (χ2n) is 2.75. The van der Waals surface area contributed by atoms with Gasteiger partial charge in [0.15, 0.2) is 0 Å². The predicted octanol–water partition coefficient (Wildman–Crippen LogP) is 1.38. The fourth-order valence-electron chi connectivity index (χ4n) is 1.27. The van der Waals surface area contributed by atoms with Gasteiger partial charge in [-0.05, 0) is 12.1 Å². The number of carboxylic acids is 1. The highest BCUT2D eigenvalue weighted by Gasteiger charge is 2.05. The van der Waals surface area contributed by atoms with Crippen molar-refractivity contribution in [1.82, 2.24) is 9.38 Å². The lowest BCUT2D eigenvalue weighted by atomic mass is 10.3. The van der Waals surface area contributed by atoms with E-state index in [-0.39, 0.29) is 18.8 Å². The number of nitrogens with zero attached hydrogens (tertiary/aromatic N) is 2. The molecule has 5 heteroatoms. The van der Waals surface area contributed by atoms with Crippen molar-refractivity contribution in [3.8, 4) is 0 Å². The van der Waals surface area contributed by atoms with E-state index < -0.39 is 5.97 Å². The van der Waals surface area contributed by atoms with Crippen LogP contribution in [-0.2, 0) is 11.2 Å². The Balaban J connectivity index is 0.000000980. The van der Waals surface area contributed by atoms with Gasteiger partial charge in [-0.15, -0.1) is 12.4 Å². The molecule has 2 aromatic rings. The molecule has 2 heterocycles. The van der Waals surface area contributed by atoms with E-state index in [1.165, 1.54) is 0 Å². The van der Waals surface area contributed by atoms with Crippen LogP contribution in [0.4, 0.5) is 0 Å². The maximum absolute atomic E-state index is 10.5. The molecular formula is C9H9ClN2O2. The average Bonchev–Trinajstić information content (AvgIpc) is 2.48. The zero-order valence-corrected chi connectivity index (χ0v) is 8.07. The molecule has 0 spiro atoms. The van der Waals surface area contributed by atoms with Gasteiger partial charge >= 0.3 is 5.97 Å². The molecule has 0 saturated carbocycles. The molecule has 4 nitrogen and oxygen atoms in total. The van der Waals surface area contributed by atoms with Crippen molar-refractivity contribution >= 4 is 24.0 Å². The summed E-state index contributed by atoms with van der Waals surface area (Å²) in [6.07, 6.45) is 3.40. The predicted molar refractivity (Wildman–Crippen MR) is 53.8 cm³/mol. The van der Waals surface area contributed by atoms with E-state index in [2.05, 4.69) is 4.98 Å². The first-order valence-electron chi connectivity index (χ1n) is 3.90. The fourth-order valence-corrected chi connectivity index (χ4v) is 1.27. The third-order valence-electron chi connectivity index (χ3n) is 1.83. The quantitative estimate of drug-likeness (QED) is 0.819. The molecule has 14 heavy (non-hydrogen) atoms. The van der Waals surface area contributed by atoms with Gasteiger partial charge in [-0.25, -0.2) is 4.98 Å². The second-order valence-corrected chi connectivity index (χ2v) is 2.75. The molecule has 0 bridgehead atoms. The van der Waals surface area contributed by atoms with E-state index in [0.717, 1.165) is 5.65 Å². The molecule has 2 aromatic heterocycles. The molecule has 74 valence electrons. The van der Waals surface area contributed by atoms with Gasteiger partial charge in [0.25, 0.3) is 0 Å². The lowest BCUT2D eigenvalue weighted by Gasteiger charge is -1.96. The topological polar surface area (TPSA) is 54.6 Å². The molecule has 1 N–H and O–H groups in total. The van der Waals surface area contributed by atoms with Crippen LogP contribution < -0.4 is 0 Å². The minimum absolute atomic E-state index is 0. The first-order chi connectivity index (χ1) is 6.27. The van der Waals surface area contributed by atoms with E-state index in [4.69, 9.17) is 5.11 Å². The van der Waals surface area contributed by atoms with Gasteiger partial charge in [0.1, 0.15) is 5.65 Å². The number of pyridine rings is 1. The number of carbonyl (C=O) groups is 1. The summed E-state index contributed by atoms with van der Waals surface area (Å²) in [5, 5.41) is 8.60. The Morgan fingerprint density at radius 2 is 2.29 bits per heavy atom. The summed E-state index contributed by atoms with van der Waals surface area (Å²) < 4.78 is 1.77. The highest BCUT2D eigenvalue weighted by Crippen LogP contribution is 2.06. The van der Waals surface area contributed by atoms with Crippen molar-refractivity contribution in [2.24, 2.45) is 0 Å². The number of fused-ring (bicyclic) bond motifs is 1. The highest BCUT2D eigenvalue weighted by molar-refractivity contribution is 5.85. The normalized spacial score (nSPS) is 9.71. The van der Waals surface area contributed by atoms with Crippen LogP contribution >= 0.6 is 12.4 Å². The number of hydrogen-bond acceptors (Lipinski definition) is 2.